The lowest BCUT2D eigenvalue weighted by Gasteiger charge is -2.19. The summed E-state index contributed by atoms with van der Waals surface area (Å²) in [6.07, 6.45) is 4.18. The highest BCUT2D eigenvalue weighted by atomic mass is 16.5. The smallest absolute Gasteiger partial charge is 0.0587 e. The maximum absolute atomic E-state index is 4.98. The monoisotopic (exact) mass is 214 g/mol. The van der Waals surface area contributed by atoms with Gasteiger partial charge in [0.15, 0.2) is 0 Å². The molecule has 0 aliphatic heterocycles. The third-order valence-corrected chi connectivity index (χ3v) is 2.97. The summed E-state index contributed by atoms with van der Waals surface area (Å²) in [5.41, 5.74) is 0. The Morgan fingerprint density at radius 3 is 2.73 bits per heavy atom. The Hall–Kier alpha value is -0.120. The zero-order chi connectivity index (χ0) is 10.9. The van der Waals surface area contributed by atoms with E-state index in [-0.39, 0.29) is 0 Å². The summed E-state index contributed by atoms with van der Waals surface area (Å²) in [7, 11) is 1.75. The lowest BCUT2D eigenvalue weighted by molar-refractivity contribution is 0.198. The number of hydrogen-bond acceptors (Lipinski definition) is 3. The molecule has 0 radical (unpaired) electrons. The summed E-state index contributed by atoms with van der Waals surface area (Å²) in [6.45, 7) is 8.95. The van der Waals surface area contributed by atoms with Crippen molar-refractivity contribution < 1.29 is 4.74 Å². The van der Waals surface area contributed by atoms with E-state index >= 15 is 0 Å². The normalized spacial score (nSPS) is 16.2. The zero-order valence-electron chi connectivity index (χ0n) is 10.3. The summed E-state index contributed by atoms with van der Waals surface area (Å²) < 4.78 is 4.98. The summed E-state index contributed by atoms with van der Waals surface area (Å²) in [5, 5.41) is 3.38. The van der Waals surface area contributed by atoms with E-state index in [0.717, 1.165) is 25.6 Å². The van der Waals surface area contributed by atoms with Crippen molar-refractivity contribution in [3.8, 4) is 0 Å². The molecule has 0 heterocycles. The molecular formula is C12H26N2O. The van der Waals surface area contributed by atoms with E-state index in [1.807, 2.05) is 0 Å². The van der Waals surface area contributed by atoms with Crippen LogP contribution in [0.2, 0.25) is 0 Å². The number of ether oxygens (including phenoxy) is 1. The standard InChI is InChI=1S/C12H26N2O/c1-3-14(11-12-5-6-12)9-4-7-13-8-10-15-2/h12-13H,3-11H2,1-2H3. The maximum atomic E-state index is 4.98. The second-order valence-electron chi connectivity index (χ2n) is 4.43. The van der Waals surface area contributed by atoms with Crippen LogP contribution in [0.5, 0.6) is 0 Å². The quantitative estimate of drug-likeness (QED) is 0.556. The molecule has 1 aliphatic carbocycles. The van der Waals surface area contributed by atoms with Crippen LogP contribution in [0.3, 0.4) is 0 Å². The Labute approximate surface area is 94.2 Å². The fourth-order valence-electron chi connectivity index (χ4n) is 1.77. The highest BCUT2D eigenvalue weighted by molar-refractivity contribution is 4.76. The molecule has 1 N–H and O–H groups in total. The molecule has 1 aliphatic rings. The average molecular weight is 214 g/mol. The molecule has 0 aromatic carbocycles. The average Bonchev–Trinajstić information content (AvgIpc) is 3.05. The first-order valence-electron chi connectivity index (χ1n) is 6.28. The van der Waals surface area contributed by atoms with Crippen molar-refractivity contribution in [3.63, 3.8) is 0 Å². The molecule has 90 valence electrons. The van der Waals surface area contributed by atoms with Crippen LogP contribution in [0, 0.1) is 5.92 Å². The van der Waals surface area contributed by atoms with Crippen LogP contribution in [-0.4, -0.2) is 51.3 Å². The number of nitrogens with zero attached hydrogens (tertiary/aromatic N) is 1. The van der Waals surface area contributed by atoms with Crippen LogP contribution in [0.25, 0.3) is 0 Å². The first kappa shape index (κ1) is 12.9. The van der Waals surface area contributed by atoms with Crippen LogP contribution in [0.4, 0.5) is 0 Å². The van der Waals surface area contributed by atoms with Crippen LogP contribution >= 0.6 is 0 Å². The molecule has 3 heteroatoms. The minimum atomic E-state index is 0.819. The predicted molar refractivity (Wildman–Crippen MR) is 64.2 cm³/mol. The van der Waals surface area contributed by atoms with Gasteiger partial charge in [-0.25, -0.2) is 0 Å². The Bertz CT molecular complexity index is 149. The molecule has 15 heavy (non-hydrogen) atoms. The predicted octanol–water partition coefficient (Wildman–Crippen LogP) is 1.34. The van der Waals surface area contributed by atoms with Crippen LogP contribution < -0.4 is 5.32 Å². The lowest BCUT2D eigenvalue weighted by Crippen LogP contribution is -2.30. The molecule has 0 spiro atoms. The first-order valence-corrected chi connectivity index (χ1v) is 6.28. The topological polar surface area (TPSA) is 24.5 Å². The Morgan fingerprint density at radius 2 is 2.13 bits per heavy atom. The van der Waals surface area contributed by atoms with Crippen molar-refractivity contribution in [3.05, 3.63) is 0 Å². The van der Waals surface area contributed by atoms with Crippen LogP contribution in [0.1, 0.15) is 26.2 Å². The number of nitrogens with one attached hydrogen (secondary N) is 1. The van der Waals surface area contributed by atoms with E-state index in [0.29, 0.717) is 0 Å². The SMILES string of the molecule is CCN(CCCNCCOC)CC1CC1. The fraction of sp³-hybridized carbons (Fsp3) is 1.00. The van der Waals surface area contributed by atoms with E-state index in [1.54, 1.807) is 7.11 Å². The van der Waals surface area contributed by atoms with Gasteiger partial charge in [-0.3, -0.25) is 0 Å². The maximum Gasteiger partial charge on any atom is 0.0587 e. The summed E-state index contributed by atoms with van der Waals surface area (Å²) in [4.78, 5) is 2.58. The molecule has 0 aromatic rings. The van der Waals surface area contributed by atoms with Crippen molar-refractivity contribution in [2.24, 2.45) is 5.92 Å². The van der Waals surface area contributed by atoms with Gasteiger partial charge in [0.05, 0.1) is 6.61 Å². The van der Waals surface area contributed by atoms with E-state index in [1.165, 1.54) is 38.9 Å². The van der Waals surface area contributed by atoms with Crippen molar-refractivity contribution in [1.29, 1.82) is 0 Å². The Morgan fingerprint density at radius 1 is 1.33 bits per heavy atom. The van der Waals surface area contributed by atoms with Gasteiger partial charge in [0.2, 0.25) is 0 Å². The molecule has 3 nitrogen and oxygen atoms in total. The van der Waals surface area contributed by atoms with E-state index in [2.05, 4.69) is 17.1 Å². The minimum Gasteiger partial charge on any atom is -0.383 e. The van der Waals surface area contributed by atoms with Crippen molar-refractivity contribution in [1.82, 2.24) is 10.2 Å². The molecule has 0 saturated heterocycles. The lowest BCUT2D eigenvalue weighted by atomic mass is 10.3. The molecule has 0 atom stereocenters. The third-order valence-electron chi connectivity index (χ3n) is 2.97. The molecule has 1 saturated carbocycles. The zero-order valence-corrected chi connectivity index (χ0v) is 10.3. The minimum absolute atomic E-state index is 0.819. The third kappa shape index (κ3) is 6.88. The number of rotatable bonds is 10. The molecule has 0 aromatic heterocycles. The first-order chi connectivity index (χ1) is 7.36. The molecular weight excluding hydrogens is 188 g/mol. The van der Waals surface area contributed by atoms with E-state index < -0.39 is 0 Å². The highest BCUT2D eigenvalue weighted by Crippen LogP contribution is 2.29. The Kier molecular flexibility index (Phi) is 6.98. The van der Waals surface area contributed by atoms with Crippen molar-refractivity contribution in [2.45, 2.75) is 26.2 Å². The van der Waals surface area contributed by atoms with Crippen molar-refractivity contribution >= 4 is 0 Å². The largest absolute Gasteiger partial charge is 0.383 e. The second kappa shape index (κ2) is 8.08. The van der Waals surface area contributed by atoms with Gasteiger partial charge in [0, 0.05) is 20.2 Å². The van der Waals surface area contributed by atoms with Gasteiger partial charge in [0.25, 0.3) is 0 Å². The van der Waals surface area contributed by atoms with Gasteiger partial charge in [-0.15, -0.1) is 0 Å². The van der Waals surface area contributed by atoms with E-state index in [4.69, 9.17) is 4.74 Å². The van der Waals surface area contributed by atoms with Gasteiger partial charge < -0.3 is 15.0 Å². The summed E-state index contributed by atoms with van der Waals surface area (Å²) in [6, 6.07) is 0. The van der Waals surface area contributed by atoms with E-state index in [9.17, 15) is 0 Å². The number of hydrogen-bond donors (Lipinski definition) is 1. The van der Waals surface area contributed by atoms with Gasteiger partial charge in [0.1, 0.15) is 0 Å². The number of methoxy groups -OCH3 is 1. The second-order valence-corrected chi connectivity index (χ2v) is 4.43. The molecule has 0 unspecified atom stereocenters. The summed E-state index contributed by atoms with van der Waals surface area (Å²) in [5.74, 6) is 1.02. The molecule has 1 fully saturated rings. The Balaban J connectivity index is 1.87. The molecule has 0 amide bonds. The molecule has 0 bridgehead atoms. The van der Waals surface area contributed by atoms with Crippen molar-refractivity contribution in [2.75, 3.05) is 46.4 Å². The molecule has 1 rings (SSSR count). The van der Waals surface area contributed by atoms with Crippen LogP contribution in [-0.2, 0) is 4.74 Å². The highest BCUT2D eigenvalue weighted by Gasteiger charge is 2.23. The van der Waals surface area contributed by atoms with Gasteiger partial charge >= 0.3 is 0 Å². The summed E-state index contributed by atoms with van der Waals surface area (Å²) >= 11 is 0. The van der Waals surface area contributed by atoms with Crippen LogP contribution in [0.15, 0.2) is 0 Å². The van der Waals surface area contributed by atoms with Gasteiger partial charge in [-0.1, -0.05) is 6.92 Å². The van der Waals surface area contributed by atoms with Gasteiger partial charge in [-0.2, -0.15) is 0 Å². The van der Waals surface area contributed by atoms with Gasteiger partial charge in [-0.05, 0) is 44.8 Å². The fourth-order valence-corrected chi connectivity index (χ4v) is 1.77.